The molecule has 1 unspecified atom stereocenters. The van der Waals surface area contributed by atoms with Crippen LogP contribution in [0, 0.1) is 0 Å². The fourth-order valence-corrected chi connectivity index (χ4v) is 6.75. The number of thioether (sulfide) groups is 1. The summed E-state index contributed by atoms with van der Waals surface area (Å²) in [7, 11) is -3.66. The van der Waals surface area contributed by atoms with Crippen molar-refractivity contribution in [2.45, 2.75) is 47.6 Å². The van der Waals surface area contributed by atoms with Gasteiger partial charge in [-0.3, -0.25) is 4.79 Å². The molecule has 0 spiro atoms. The van der Waals surface area contributed by atoms with Crippen molar-refractivity contribution in [2.75, 3.05) is 31.1 Å². The van der Waals surface area contributed by atoms with Crippen molar-refractivity contribution in [3.63, 3.8) is 0 Å². The second-order valence-electron chi connectivity index (χ2n) is 8.30. The highest BCUT2D eigenvalue weighted by molar-refractivity contribution is 8.00. The number of benzene rings is 2. The van der Waals surface area contributed by atoms with Crippen LogP contribution in [0.5, 0.6) is 0 Å². The summed E-state index contributed by atoms with van der Waals surface area (Å²) in [6.45, 7) is 3.24. The Morgan fingerprint density at radius 2 is 1.79 bits per heavy atom. The smallest absolute Gasteiger partial charge is 0.338 e. The van der Waals surface area contributed by atoms with Crippen LogP contribution in [-0.2, 0) is 19.6 Å². The molecule has 1 amide bonds. The van der Waals surface area contributed by atoms with Crippen LogP contribution in [0.25, 0.3) is 0 Å². The maximum atomic E-state index is 12.9. The molecule has 33 heavy (non-hydrogen) atoms. The van der Waals surface area contributed by atoms with Crippen LogP contribution in [-0.4, -0.2) is 56.1 Å². The van der Waals surface area contributed by atoms with Gasteiger partial charge in [-0.05, 0) is 49.6 Å². The van der Waals surface area contributed by atoms with E-state index in [-0.39, 0.29) is 16.4 Å². The van der Waals surface area contributed by atoms with Crippen LogP contribution in [0.2, 0.25) is 0 Å². The number of rotatable bonds is 5. The highest BCUT2D eigenvalue weighted by Crippen LogP contribution is 2.37. The summed E-state index contributed by atoms with van der Waals surface area (Å²) in [5, 5.41) is 0.371. The van der Waals surface area contributed by atoms with Gasteiger partial charge in [0.05, 0.1) is 16.1 Å². The molecule has 2 heterocycles. The molecule has 1 fully saturated rings. The van der Waals surface area contributed by atoms with Gasteiger partial charge < -0.3 is 9.64 Å². The van der Waals surface area contributed by atoms with Crippen LogP contribution in [0.4, 0.5) is 5.69 Å². The summed E-state index contributed by atoms with van der Waals surface area (Å²) in [5.74, 6) is -1.02. The van der Waals surface area contributed by atoms with E-state index in [2.05, 4.69) is 6.92 Å². The van der Waals surface area contributed by atoms with E-state index in [0.717, 1.165) is 36.3 Å². The second kappa shape index (κ2) is 10.3. The largest absolute Gasteiger partial charge is 0.452 e. The lowest BCUT2D eigenvalue weighted by molar-refractivity contribution is -0.121. The summed E-state index contributed by atoms with van der Waals surface area (Å²) in [4.78, 5) is 28.3. The van der Waals surface area contributed by atoms with E-state index in [9.17, 15) is 18.0 Å². The number of fused-ring (bicyclic) bond motifs is 1. The average molecular weight is 489 g/mol. The Labute approximate surface area is 199 Å². The van der Waals surface area contributed by atoms with E-state index in [4.69, 9.17) is 4.74 Å². The molecular weight excluding hydrogens is 460 g/mol. The van der Waals surface area contributed by atoms with Crippen molar-refractivity contribution >= 4 is 39.3 Å². The Kier molecular flexibility index (Phi) is 7.41. The lowest BCUT2D eigenvalue weighted by Gasteiger charge is -2.26. The highest BCUT2D eigenvalue weighted by Gasteiger charge is 2.28. The molecule has 2 aromatic rings. The summed E-state index contributed by atoms with van der Waals surface area (Å²) in [6, 6.07) is 13.6. The number of nitrogens with zero attached hydrogens (tertiary/aromatic N) is 2. The first-order chi connectivity index (χ1) is 15.9. The van der Waals surface area contributed by atoms with Crippen LogP contribution >= 0.6 is 11.8 Å². The van der Waals surface area contributed by atoms with E-state index < -0.39 is 22.6 Å². The maximum Gasteiger partial charge on any atom is 0.338 e. The minimum atomic E-state index is -3.66. The SMILES string of the molecule is CC1CCN(C(=O)COC(=O)c2cccc(S(=O)(=O)N3CCCCC3)c2)c2ccccc2S1. The van der Waals surface area contributed by atoms with E-state index in [1.165, 1.54) is 28.6 Å². The normalized spacial score (nSPS) is 19.4. The average Bonchev–Trinajstić information content (AvgIpc) is 3.01. The number of hydrogen-bond donors (Lipinski definition) is 0. The van der Waals surface area contributed by atoms with Crippen molar-refractivity contribution in [1.29, 1.82) is 0 Å². The standard InChI is InChI=1S/C24H28N2O5S2/c1-18-12-15-26(21-10-3-4-11-22(21)32-18)23(27)17-31-24(28)19-8-7-9-20(16-19)33(29,30)25-13-5-2-6-14-25/h3-4,7-11,16,18H,2,5-6,12-15,17H2,1H3. The molecular formula is C24H28N2O5S2. The van der Waals surface area contributed by atoms with Crippen LogP contribution in [0.1, 0.15) is 43.0 Å². The third-order valence-corrected chi connectivity index (χ3v) is 9.03. The molecule has 9 heteroatoms. The molecule has 1 saturated heterocycles. The number of ether oxygens (including phenoxy) is 1. The van der Waals surface area contributed by atoms with Gasteiger partial charge in [0, 0.05) is 29.8 Å². The molecule has 0 bridgehead atoms. The Hall–Kier alpha value is -2.36. The first-order valence-corrected chi connectivity index (χ1v) is 13.5. The Balaban J connectivity index is 1.44. The number of sulfonamides is 1. The first-order valence-electron chi connectivity index (χ1n) is 11.2. The number of esters is 1. The number of amides is 1. The zero-order chi connectivity index (χ0) is 23.4. The number of piperidine rings is 1. The van der Waals surface area contributed by atoms with Crippen molar-refractivity contribution < 1.29 is 22.7 Å². The Morgan fingerprint density at radius 3 is 2.58 bits per heavy atom. The predicted octanol–water partition coefficient (Wildman–Crippen LogP) is 3.94. The van der Waals surface area contributed by atoms with Crippen molar-refractivity contribution in [3.05, 3.63) is 54.1 Å². The minimum absolute atomic E-state index is 0.0673. The molecule has 7 nitrogen and oxygen atoms in total. The zero-order valence-corrected chi connectivity index (χ0v) is 20.2. The van der Waals surface area contributed by atoms with Crippen molar-refractivity contribution in [3.8, 4) is 0 Å². The number of anilines is 1. The van der Waals surface area contributed by atoms with Crippen molar-refractivity contribution in [1.82, 2.24) is 4.31 Å². The van der Waals surface area contributed by atoms with Gasteiger partial charge in [0.25, 0.3) is 5.91 Å². The molecule has 2 aliphatic rings. The van der Waals surface area contributed by atoms with Crippen LogP contribution in [0.15, 0.2) is 58.3 Å². The molecule has 4 rings (SSSR count). The van der Waals surface area contributed by atoms with Crippen molar-refractivity contribution in [2.24, 2.45) is 0 Å². The van der Waals surface area contributed by atoms with E-state index in [0.29, 0.717) is 24.9 Å². The molecule has 0 N–H and O–H groups in total. The molecule has 0 aromatic heterocycles. The van der Waals surface area contributed by atoms with Gasteiger partial charge >= 0.3 is 5.97 Å². The summed E-state index contributed by atoms with van der Waals surface area (Å²) < 4.78 is 32.6. The van der Waals surface area contributed by atoms with Gasteiger partial charge in [-0.2, -0.15) is 4.31 Å². The van der Waals surface area contributed by atoms with Gasteiger partial charge in [-0.1, -0.05) is 31.5 Å². The first kappa shape index (κ1) is 23.8. The summed E-state index contributed by atoms with van der Waals surface area (Å²) in [5.41, 5.74) is 0.934. The van der Waals surface area contributed by atoms with Crippen LogP contribution in [0.3, 0.4) is 0 Å². The second-order valence-corrected chi connectivity index (χ2v) is 11.7. The maximum absolute atomic E-state index is 12.9. The fraction of sp³-hybridized carbons (Fsp3) is 0.417. The predicted molar refractivity (Wildman–Crippen MR) is 128 cm³/mol. The number of hydrogen-bond acceptors (Lipinski definition) is 6. The monoisotopic (exact) mass is 488 g/mol. The third kappa shape index (κ3) is 5.42. The van der Waals surface area contributed by atoms with Gasteiger partial charge in [0.2, 0.25) is 10.0 Å². The Bertz CT molecular complexity index is 1130. The molecule has 2 aromatic carbocycles. The minimum Gasteiger partial charge on any atom is -0.452 e. The third-order valence-electron chi connectivity index (χ3n) is 5.89. The van der Waals surface area contributed by atoms with E-state index >= 15 is 0 Å². The molecule has 176 valence electrons. The van der Waals surface area contributed by atoms with Gasteiger partial charge in [-0.15, -0.1) is 11.8 Å². The lowest BCUT2D eigenvalue weighted by Crippen LogP contribution is -2.36. The number of carbonyl (C=O) groups excluding carboxylic acids is 2. The summed E-state index contributed by atoms with van der Waals surface area (Å²) in [6.07, 6.45) is 3.51. The molecule has 0 radical (unpaired) electrons. The number of para-hydroxylation sites is 1. The van der Waals surface area contributed by atoms with Gasteiger partial charge in [0.15, 0.2) is 6.61 Å². The topological polar surface area (TPSA) is 84.0 Å². The lowest BCUT2D eigenvalue weighted by atomic mass is 10.2. The van der Waals surface area contributed by atoms with Crippen LogP contribution < -0.4 is 4.90 Å². The fourth-order valence-electron chi connectivity index (χ4n) is 4.07. The molecule has 2 aliphatic heterocycles. The quantitative estimate of drug-likeness (QED) is 0.593. The molecule has 0 saturated carbocycles. The van der Waals surface area contributed by atoms with Gasteiger partial charge in [-0.25, -0.2) is 13.2 Å². The number of carbonyl (C=O) groups is 2. The Morgan fingerprint density at radius 1 is 1.03 bits per heavy atom. The summed E-state index contributed by atoms with van der Waals surface area (Å²) >= 11 is 1.73. The van der Waals surface area contributed by atoms with Gasteiger partial charge in [0.1, 0.15) is 0 Å². The highest BCUT2D eigenvalue weighted by atomic mass is 32.2. The molecule has 1 atom stereocenters. The molecule has 0 aliphatic carbocycles. The van der Waals surface area contributed by atoms with E-state index in [1.807, 2.05) is 24.3 Å². The zero-order valence-electron chi connectivity index (χ0n) is 18.6. The van der Waals surface area contributed by atoms with E-state index in [1.54, 1.807) is 16.7 Å².